The average Bonchev–Trinajstić information content (AvgIpc) is 2.87. The van der Waals surface area contributed by atoms with E-state index < -0.39 is 41.6 Å². The van der Waals surface area contributed by atoms with Gasteiger partial charge in [-0.2, -0.15) is 0 Å². The van der Waals surface area contributed by atoms with Gasteiger partial charge in [0.05, 0.1) is 7.11 Å². The maximum Gasteiger partial charge on any atom is 0.408 e. The summed E-state index contributed by atoms with van der Waals surface area (Å²) in [4.78, 5) is 53.8. The Kier molecular flexibility index (Phi) is 11.3. The van der Waals surface area contributed by atoms with Crippen LogP contribution in [0.25, 0.3) is 0 Å². The second kappa shape index (κ2) is 14.1. The van der Waals surface area contributed by atoms with Gasteiger partial charge in [-0.25, -0.2) is 4.79 Å². The molecule has 0 fully saturated rings. The van der Waals surface area contributed by atoms with E-state index in [0.717, 1.165) is 16.7 Å². The quantitative estimate of drug-likeness (QED) is 0.333. The van der Waals surface area contributed by atoms with Crippen molar-refractivity contribution in [3.63, 3.8) is 0 Å². The number of carbonyl (C=O) groups is 4. The van der Waals surface area contributed by atoms with Crippen LogP contribution < -0.4 is 10.6 Å². The van der Waals surface area contributed by atoms with E-state index in [4.69, 9.17) is 4.74 Å². The molecule has 0 heterocycles. The van der Waals surface area contributed by atoms with Gasteiger partial charge in [-0.3, -0.25) is 14.4 Å². The molecule has 0 aliphatic carbocycles. The molecule has 0 radical (unpaired) electrons. The van der Waals surface area contributed by atoms with Crippen molar-refractivity contribution in [3.05, 3.63) is 83.4 Å². The Hall–Kier alpha value is -4.14. The summed E-state index contributed by atoms with van der Waals surface area (Å²) < 4.78 is 10.1. The first-order valence-electron chi connectivity index (χ1n) is 12.7. The van der Waals surface area contributed by atoms with Gasteiger partial charge in [-0.15, -0.1) is 6.58 Å². The van der Waals surface area contributed by atoms with Gasteiger partial charge in [0.15, 0.2) is 0 Å². The summed E-state index contributed by atoms with van der Waals surface area (Å²) in [7, 11) is 1.22. The number of esters is 1. The lowest BCUT2D eigenvalue weighted by atomic mass is 9.93. The molecule has 0 spiro atoms. The molecular weight excluding hydrogens is 498 g/mol. The number of amides is 3. The van der Waals surface area contributed by atoms with Crippen LogP contribution in [-0.2, 0) is 30.3 Å². The first kappa shape index (κ1) is 31.1. The molecule has 0 aromatic heterocycles. The summed E-state index contributed by atoms with van der Waals surface area (Å²) in [5.74, 6) is -1.70. The van der Waals surface area contributed by atoms with Crippen LogP contribution in [0.5, 0.6) is 0 Å². The van der Waals surface area contributed by atoms with Gasteiger partial charge in [-0.05, 0) is 56.9 Å². The number of aryl methyl sites for hydroxylation is 2. The van der Waals surface area contributed by atoms with Crippen molar-refractivity contribution in [1.29, 1.82) is 0 Å². The van der Waals surface area contributed by atoms with Gasteiger partial charge in [0, 0.05) is 13.0 Å². The minimum absolute atomic E-state index is 0.00417. The number of methoxy groups -OCH3 is 1. The predicted octanol–water partition coefficient (Wildman–Crippen LogP) is 3.78. The number of nitrogens with one attached hydrogen (secondary N) is 2. The van der Waals surface area contributed by atoms with Gasteiger partial charge >= 0.3 is 12.1 Å². The van der Waals surface area contributed by atoms with Crippen molar-refractivity contribution >= 4 is 23.9 Å². The van der Waals surface area contributed by atoms with E-state index in [1.807, 2.05) is 62.4 Å². The topological polar surface area (TPSA) is 114 Å². The number of rotatable bonds is 11. The molecule has 0 bridgehead atoms. The summed E-state index contributed by atoms with van der Waals surface area (Å²) in [5.41, 5.74) is 2.22. The van der Waals surface area contributed by atoms with Crippen molar-refractivity contribution in [3.8, 4) is 0 Å². The lowest BCUT2D eigenvalue weighted by Crippen LogP contribution is -2.54. The molecule has 0 saturated carbocycles. The Morgan fingerprint density at radius 3 is 2.15 bits per heavy atom. The van der Waals surface area contributed by atoms with Crippen LogP contribution in [0.3, 0.4) is 0 Å². The number of ether oxygens (including phenoxy) is 2. The predicted molar refractivity (Wildman–Crippen MR) is 149 cm³/mol. The smallest absolute Gasteiger partial charge is 0.408 e. The second-order valence-corrected chi connectivity index (χ2v) is 10.2. The number of hydrogen-bond donors (Lipinski definition) is 2. The SMILES string of the molecule is C=CCN(C(=O)C(Cc1ccccc1)NC(=O)OC(C)(C)C)C(C(=O)NCC(=O)OC)c1c(C)cccc1C. The summed E-state index contributed by atoms with van der Waals surface area (Å²) in [5, 5.41) is 5.29. The standard InChI is InChI=1S/C30H39N3O6/c1-8-17-33(26(27(35)31-19-24(34)38-7)25-20(2)13-12-14-21(25)3)28(36)23(18-22-15-10-9-11-16-22)32-29(37)39-30(4,5)6/h8-16,23,26H,1,17-19H2,2-7H3,(H,31,35)(H,32,37). The summed E-state index contributed by atoms with van der Waals surface area (Å²) in [6.07, 6.45) is 0.920. The molecule has 0 aliphatic heterocycles. The fourth-order valence-electron chi connectivity index (χ4n) is 4.18. The highest BCUT2D eigenvalue weighted by atomic mass is 16.6. The molecule has 9 heteroatoms. The van der Waals surface area contributed by atoms with Crippen molar-refractivity contribution in [1.82, 2.24) is 15.5 Å². The van der Waals surface area contributed by atoms with Gasteiger partial charge in [0.2, 0.25) is 11.8 Å². The normalized spacial score (nSPS) is 12.5. The monoisotopic (exact) mass is 537 g/mol. The number of benzene rings is 2. The van der Waals surface area contributed by atoms with Crippen LogP contribution in [0, 0.1) is 13.8 Å². The third kappa shape index (κ3) is 9.28. The first-order valence-corrected chi connectivity index (χ1v) is 12.7. The molecule has 2 aromatic carbocycles. The van der Waals surface area contributed by atoms with E-state index in [1.165, 1.54) is 18.1 Å². The molecule has 2 rings (SSSR count). The number of alkyl carbamates (subject to hydrolysis) is 1. The number of nitrogens with zero attached hydrogens (tertiary/aromatic N) is 1. The van der Waals surface area contributed by atoms with Crippen LogP contribution in [0.2, 0.25) is 0 Å². The Balaban J connectivity index is 2.57. The van der Waals surface area contributed by atoms with Crippen LogP contribution >= 0.6 is 0 Å². The Bertz CT molecular complexity index is 1150. The van der Waals surface area contributed by atoms with E-state index in [1.54, 1.807) is 20.8 Å². The van der Waals surface area contributed by atoms with Gasteiger partial charge in [-0.1, -0.05) is 54.6 Å². The zero-order valence-electron chi connectivity index (χ0n) is 23.6. The highest BCUT2D eigenvalue weighted by molar-refractivity contribution is 5.94. The van der Waals surface area contributed by atoms with E-state index in [9.17, 15) is 19.2 Å². The molecule has 3 amide bonds. The lowest BCUT2D eigenvalue weighted by molar-refractivity contribution is -0.144. The maximum absolute atomic E-state index is 14.2. The zero-order valence-corrected chi connectivity index (χ0v) is 23.6. The number of carbonyl (C=O) groups excluding carboxylic acids is 4. The second-order valence-electron chi connectivity index (χ2n) is 10.2. The molecule has 2 N–H and O–H groups in total. The minimum atomic E-state index is -1.11. The van der Waals surface area contributed by atoms with E-state index in [2.05, 4.69) is 21.9 Å². The fraction of sp³-hybridized carbons (Fsp3) is 0.400. The third-order valence-electron chi connectivity index (χ3n) is 5.89. The first-order chi connectivity index (χ1) is 18.4. The van der Waals surface area contributed by atoms with E-state index in [0.29, 0.717) is 5.56 Å². The molecule has 2 atom stereocenters. The van der Waals surface area contributed by atoms with Gasteiger partial charge in [0.25, 0.3) is 0 Å². The van der Waals surface area contributed by atoms with Crippen LogP contribution in [0.15, 0.2) is 61.2 Å². The third-order valence-corrected chi connectivity index (χ3v) is 5.89. The molecule has 9 nitrogen and oxygen atoms in total. The van der Waals surface area contributed by atoms with Crippen LogP contribution in [0.1, 0.15) is 49.1 Å². The molecular formula is C30H39N3O6. The maximum atomic E-state index is 14.2. The Labute approximate surface area is 230 Å². The summed E-state index contributed by atoms with van der Waals surface area (Å²) >= 11 is 0. The largest absolute Gasteiger partial charge is 0.468 e. The fourth-order valence-corrected chi connectivity index (χ4v) is 4.18. The van der Waals surface area contributed by atoms with E-state index >= 15 is 0 Å². The van der Waals surface area contributed by atoms with Crippen molar-refractivity contribution in [2.45, 2.75) is 58.7 Å². The Morgan fingerprint density at radius 2 is 1.62 bits per heavy atom. The number of hydrogen-bond acceptors (Lipinski definition) is 6. The molecule has 0 saturated heterocycles. The lowest BCUT2D eigenvalue weighted by Gasteiger charge is -2.35. The molecule has 2 unspecified atom stereocenters. The van der Waals surface area contributed by atoms with Crippen molar-refractivity contribution in [2.24, 2.45) is 0 Å². The van der Waals surface area contributed by atoms with Gasteiger partial charge < -0.3 is 25.0 Å². The van der Waals surface area contributed by atoms with Crippen molar-refractivity contribution < 1.29 is 28.7 Å². The summed E-state index contributed by atoms with van der Waals surface area (Å²) in [6, 6.07) is 12.6. The highest BCUT2D eigenvalue weighted by Crippen LogP contribution is 2.29. The zero-order chi connectivity index (χ0) is 29.2. The molecule has 0 aliphatic rings. The molecule has 210 valence electrons. The summed E-state index contributed by atoms with van der Waals surface area (Å²) in [6.45, 7) is 12.3. The molecule has 2 aromatic rings. The Morgan fingerprint density at radius 1 is 1.00 bits per heavy atom. The van der Waals surface area contributed by atoms with Crippen LogP contribution in [-0.4, -0.2) is 60.6 Å². The molecule has 39 heavy (non-hydrogen) atoms. The average molecular weight is 538 g/mol. The van der Waals surface area contributed by atoms with Gasteiger partial charge in [0.1, 0.15) is 24.2 Å². The highest BCUT2D eigenvalue weighted by Gasteiger charge is 2.37. The van der Waals surface area contributed by atoms with Crippen molar-refractivity contribution in [2.75, 3.05) is 20.2 Å². The minimum Gasteiger partial charge on any atom is -0.468 e. The van der Waals surface area contributed by atoms with E-state index in [-0.39, 0.29) is 19.5 Å². The van der Waals surface area contributed by atoms with Crippen LogP contribution in [0.4, 0.5) is 4.79 Å².